The third-order valence-electron chi connectivity index (χ3n) is 1.93. The minimum Gasteiger partial charge on any atom is -0.364 e. The first-order chi connectivity index (χ1) is 4.92. The Balaban J connectivity index is 2.03. The van der Waals surface area contributed by atoms with E-state index in [2.05, 4.69) is 10.2 Å². The second-order valence-corrected chi connectivity index (χ2v) is 2.74. The standard InChI is InChI=1S/C7H10N2O/c10-5-7-8-3-4-9(7)6-1-2-6/h3-8H,1-2H2. The summed E-state index contributed by atoms with van der Waals surface area (Å²) in [5, 5.41) is 2.96. The Bertz CT molecular complexity index is 174. The highest BCUT2D eigenvalue weighted by atomic mass is 16.1. The Kier molecular flexibility index (Phi) is 1.16. The van der Waals surface area contributed by atoms with Crippen LogP contribution in [0.4, 0.5) is 0 Å². The molecular weight excluding hydrogens is 128 g/mol. The predicted molar refractivity (Wildman–Crippen MR) is 37.0 cm³/mol. The number of carbonyl (C=O) groups excluding carboxylic acids is 1. The van der Waals surface area contributed by atoms with Gasteiger partial charge in [-0.25, -0.2) is 0 Å². The lowest BCUT2D eigenvalue weighted by Crippen LogP contribution is -2.37. The zero-order valence-electron chi connectivity index (χ0n) is 5.66. The number of hydrogen-bond donors (Lipinski definition) is 1. The summed E-state index contributed by atoms with van der Waals surface area (Å²) in [4.78, 5) is 12.5. The number of nitrogens with one attached hydrogen (secondary N) is 1. The lowest BCUT2D eigenvalue weighted by Gasteiger charge is -2.19. The van der Waals surface area contributed by atoms with Crippen molar-refractivity contribution >= 4 is 6.29 Å². The molecule has 1 saturated carbocycles. The zero-order chi connectivity index (χ0) is 6.97. The molecule has 2 aliphatic rings. The Labute approximate surface area is 59.7 Å². The highest BCUT2D eigenvalue weighted by Crippen LogP contribution is 2.29. The van der Waals surface area contributed by atoms with Crippen molar-refractivity contribution in [3.63, 3.8) is 0 Å². The summed E-state index contributed by atoms with van der Waals surface area (Å²) in [5.74, 6) is 0. The van der Waals surface area contributed by atoms with Gasteiger partial charge in [0.1, 0.15) is 0 Å². The molecule has 54 valence electrons. The van der Waals surface area contributed by atoms with Crippen molar-refractivity contribution in [3.8, 4) is 0 Å². The lowest BCUT2D eigenvalue weighted by molar-refractivity contribution is -0.111. The topological polar surface area (TPSA) is 32.3 Å². The van der Waals surface area contributed by atoms with Gasteiger partial charge in [0.05, 0.1) is 0 Å². The quantitative estimate of drug-likeness (QED) is 0.547. The van der Waals surface area contributed by atoms with Crippen LogP contribution in [0.15, 0.2) is 12.4 Å². The van der Waals surface area contributed by atoms with E-state index < -0.39 is 0 Å². The molecule has 0 bridgehead atoms. The number of hydrogen-bond acceptors (Lipinski definition) is 3. The van der Waals surface area contributed by atoms with Crippen LogP contribution in [0, 0.1) is 0 Å². The fraction of sp³-hybridized carbons (Fsp3) is 0.571. The van der Waals surface area contributed by atoms with Crippen LogP contribution in [0.25, 0.3) is 0 Å². The molecule has 1 aliphatic carbocycles. The van der Waals surface area contributed by atoms with Crippen LogP contribution in [0.1, 0.15) is 12.8 Å². The van der Waals surface area contributed by atoms with Crippen LogP contribution in [0.2, 0.25) is 0 Å². The molecule has 0 saturated heterocycles. The Morgan fingerprint density at radius 3 is 3.00 bits per heavy atom. The van der Waals surface area contributed by atoms with Crippen LogP contribution in [-0.4, -0.2) is 23.4 Å². The van der Waals surface area contributed by atoms with Crippen LogP contribution >= 0.6 is 0 Å². The molecule has 0 aromatic carbocycles. The van der Waals surface area contributed by atoms with Crippen molar-refractivity contribution in [2.75, 3.05) is 0 Å². The largest absolute Gasteiger partial charge is 0.364 e. The highest BCUT2D eigenvalue weighted by molar-refractivity contribution is 5.58. The van der Waals surface area contributed by atoms with Gasteiger partial charge >= 0.3 is 0 Å². The first kappa shape index (κ1) is 5.77. The number of aldehydes is 1. The molecule has 10 heavy (non-hydrogen) atoms. The van der Waals surface area contributed by atoms with Gasteiger partial charge in [-0.2, -0.15) is 0 Å². The highest BCUT2D eigenvalue weighted by Gasteiger charge is 2.33. The van der Waals surface area contributed by atoms with Crippen molar-refractivity contribution < 1.29 is 4.79 Å². The van der Waals surface area contributed by atoms with E-state index in [9.17, 15) is 4.79 Å². The smallest absolute Gasteiger partial charge is 0.162 e. The molecule has 0 aromatic rings. The van der Waals surface area contributed by atoms with E-state index >= 15 is 0 Å². The second-order valence-electron chi connectivity index (χ2n) is 2.74. The van der Waals surface area contributed by atoms with E-state index in [0.717, 1.165) is 6.29 Å². The molecule has 0 aromatic heterocycles. The molecule has 0 radical (unpaired) electrons. The van der Waals surface area contributed by atoms with Crippen molar-refractivity contribution in [3.05, 3.63) is 12.4 Å². The van der Waals surface area contributed by atoms with E-state index in [4.69, 9.17) is 0 Å². The summed E-state index contributed by atoms with van der Waals surface area (Å²) >= 11 is 0. The van der Waals surface area contributed by atoms with Gasteiger partial charge in [-0.3, -0.25) is 4.79 Å². The Morgan fingerprint density at radius 2 is 2.40 bits per heavy atom. The lowest BCUT2D eigenvalue weighted by atomic mass is 10.4. The van der Waals surface area contributed by atoms with Gasteiger partial charge in [-0.05, 0) is 12.8 Å². The fourth-order valence-electron chi connectivity index (χ4n) is 1.24. The fourth-order valence-corrected chi connectivity index (χ4v) is 1.24. The summed E-state index contributed by atoms with van der Waals surface area (Å²) in [6.07, 6.45) is 7.10. The molecule has 2 rings (SSSR count). The van der Waals surface area contributed by atoms with Gasteiger partial charge in [0.2, 0.25) is 0 Å². The first-order valence-electron chi connectivity index (χ1n) is 3.57. The summed E-state index contributed by atoms with van der Waals surface area (Å²) in [6.45, 7) is 0. The maximum absolute atomic E-state index is 10.4. The second kappa shape index (κ2) is 2.01. The maximum Gasteiger partial charge on any atom is 0.162 e. The van der Waals surface area contributed by atoms with Gasteiger partial charge in [-0.15, -0.1) is 0 Å². The molecule has 3 nitrogen and oxygen atoms in total. The monoisotopic (exact) mass is 138 g/mol. The molecule has 1 heterocycles. The van der Waals surface area contributed by atoms with Gasteiger partial charge in [0, 0.05) is 18.4 Å². The molecule has 1 aliphatic heterocycles. The first-order valence-corrected chi connectivity index (χ1v) is 3.57. The average molecular weight is 138 g/mol. The minimum absolute atomic E-state index is 0.0903. The minimum atomic E-state index is -0.0903. The number of carbonyl (C=O) groups is 1. The third-order valence-corrected chi connectivity index (χ3v) is 1.93. The third kappa shape index (κ3) is 0.781. The van der Waals surface area contributed by atoms with Crippen LogP contribution in [-0.2, 0) is 4.79 Å². The molecule has 1 fully saturated rings. The van der Waals surface area contributed by atoms with Crippen molar-refractivity contribution in [2.45, 2.75) is 25.0 Å². The van der Waals surface area contributed by atoms with Gasteiger partial charge in [0.25, 0.3) is 0 Å². The average Bonchev–Trinajstić information content (AvgIpc) is 2.69. The normalized spacial score (nSPS) is 30.4. The van der Waals surface area contributed by atoms with Gasteiger partial charge in [-0.1, -0.05) is 0 Å². The van der Waals surface area contributed by atoms with E-state index in [1.54, 1.807) is 0 Å². The SMILES string of the molecule is O=CC1NC=CN1C1CC1. The molecular formula is C7H10N2O. The summed E-state index contributed by atoms with van der Waals surface area (Å²) in [6, 6.07) is 0.626. The maximum atomic E-state index is 10.4. The Morgan fingerprint density at radius 1 is 1.60 bits per heavy atom. The van der Waals surface area contributed by atoms with Crippen LogP contribution < -0.4 is 5.32 Å². The zero-order valence-corrected chi connectivity index (χ0v) is 5.66. The van der Waals surface area contributed by atoms with Crippen LogP contribution in [0.3, 0.4) is 0 Å². The van der Waals surface area contributed by atoms with E-state index in [1.165, 1.54) is 12.8 Å². The van der Waals surface area contributed by atoms with Gasteiger partial charge in [0.15, 0.2) is 12.5 Å². The number of rotatable bonds is 2. The van der Waals surface area contributed by atoms with Crippen LogP contribution in [0.5, 0.6) is 0 Å². The summed E-state index contributed by atoms with van der Waals surface area (Å²) in [7, 11) is 0. The van der Waals surface area contributed by atoms with E-state index in [1.807, 2.05) is 12.4 Å². The number of nitrogens with zero attached hydrogens (tertiary/aromatic N) is 1. The van der Waals surface area contributed by atoms with Gasteiger partial charge < -0.3 is 10.2 Å². The molecule has 1 unspecified atom stereocenters. The summed E-state index contributed by atoms with van der Waals surface area (Å²) in [5.41, 5.74) is 0. The molecule has 0 spiro atoms. The molecule has 1 N–H and O–H groups in total. The Hall–Kier alpha value is -0.990. The molecule has 3 heteroatoms. The molecule has 1 atom stereocenters. The van der Waals surface area contributed by atoms with Crippen molar-refractivity contribution in [1.82, 2.24) is 10.2 Å². The van der Waals surface area contributed by atoms with Crippen molar-refractivity contribution in [2.24, 2.45) is 0 Å². The van der Waals surface area contributed by atoms with E-state index in [0.29, 0.717) is 6.04 Å². The van der Waals surface area contributed by atoms with Crippen molar-refractivity contribution in [1.29, 1.82) is 0 Å². The van der Waals surface area contributed by atoms with E-state index in [-0.39, 0.29) is 6.17 Å². The summed E-state index contributed by atoms with van der Waals surface area (Å²) < 4.78 is 0. The molecule has 0 amide bonds. The predicted octanol–water partition coefficient (Wildman–Crippen LogP) is 0.0502.